The largest absolute Gasteiger partial charge is 0.472 e. The van der Waals surface area contributed by atoms with E-state index in [1.807, 2.05) is 0 Å². The normalized spacial score (nSPS) is 23.6. The summed E-state index contributed by atoms with van der Waals surface area (Å²) in [6, 6.07) is 3.19. The molecule has 27 heavy (non-hydrogen) atoms. The molecule has 3 amide bonds. The second kappa shape index (κ2) is 6.14. The molecule has 2 fully saturated rings. The van der Waals surface area contributed by atoms with E-state index in [0.29, 0.717) is 29.2 Å². The van der Waals surface area contributed by atoms with Gasteiger partial charge in [-0.3, -0.25) is 19.3 Å². The first-order chi connectivity index (χ1) is 13.1. The summed E-state index contributed by atoms with van der Waals surface area (Å²) in [7, 11) is 0. The highest BCUT2D eigenvalue weighted by molar-refractivity contribution is 6.04. The van der Waals surface area contributed by atoms with E-state index in [9.17, 15) is 14.4 Å². The molecule has 142 valence electrons. The van der Waals surface area contributed by atoms with Crippen molar-refractivity contribution in [1.82, 2.24) is 14.7 Å². The molecule has 0 aromatic heterocycles. The molecule has 0 saturated carbocycles. The number of benzene rings is 1. The smallest absolute Gasteiger partial charge is 0.260 e. The molecular formula is C19H21N3O5. The Morgan fingerprint density at radius 2 is 1.74 bits per heavy atom. The van der Waals surface area contributed by atoms with Crippen molar-refractivity contribution in [2.45, 2.75) is 31.9 Å². The minimum atomic E-state index is -0.267. The lowest BCUT2D eigenvalue weighted by atomic mass is 10.0. The van der Waals surface area contributed by atoms with Gasteiger partial charge in [-0.1, -0.05) is 0 Å². The zero-order chi connectivity index (χ0) is 18.5. The molecule has 5 rings (SSSR count). The molecule has 0 spiro atoms. The van der Waals surface area contributed by atoms with Crippen molar-refractivity contribution < 1.29 is 23.9 Å². The number of amides is 3. The summed E-state index contributed by atoms with van der Waals surface area (Å²) in [4.78, 5) is 42.8. The zero-order valence-corrected chi connectivity index (χ0v) is 15.0. The molecule has 0 bridgehead atoms. The van der Waals surface area contributed by atoms with E-state index in [2.05, 4.69) is 0 Å². The third-order valence-electron chi connectivity index (χ3n) is 5.71. The molecule has 0 aliphatic carbocycles. The third-order valence-corrected chi connectivity index (χ3v) is 5.71. The minimum Gasteiger partial charge on any atom is -0.472 e. The summed E-state index contributed by atoms with van der Waals surface area (Å²) in [6.07, 6.45) is 3.47. The Labute approximate surface area is 156 Å². The number of ether oxygens (including phenoxy) is 2. The number of hydrogen-bond donors (Lipinski definition) is 0. The van der Waals surface area contributed by atoms with Gasteiger partial charge in [-0.2, -0.15) is 0 Å². The highest BCUT2D eigenvalue weighted by Crippen LogP contribution is 2.38. The van der Waals surface area contributed by atoms with Gasteiger partial charge < -0.3 is 19.3 Å². The van der Waals surface area contributed by atoms with Crippen LogP contribution in [0.2, 0.25) is 0 Å². The number of rotatable bonds is 2. The van der Waals surface area contributed by atoms with Crippen LogP contribution in [0.3, 0.4) is 0 Å². The fourth-order valence-corrected chi connectivity index (χ4v) is 4.23. The maximum absolute atomic E-state index is 12.9. The van der Waals surface area contributed by atoms with Crippen molar-refractivity contribution >= 4 is 17.7 Å². The van der Waals surface area contributed by atoms with Gasteiger partial charge in [0.05, 0.1) is 11.1 Å². The van der Waals surface area contributed by atoms with Crippen molar-refractivity contribution in [3.05, 3.63) is 23.3 Å². The summed E-state index contributed by atoms with van der Waals surface area (Å²) < 4.78 is 11.6. The Hall–Kier alpha value is -2.77. The van der Waals surface area contributed by atoms with Crippen LogP contribution >= 0.6 is 0 Å². The van der Waals surface area contributed by atoms with Gasteiger partial charge >= 0.3 is 0 Å². The maximum atomic E-state index is 12.9. The van der Waals surface area contributed by atoms with E-state index in [4.69, 9.17) is 9.47 Å². The Kier molecular flexibility index (Phi) is 3.73. The fraction of sp³-hybridized carbons (Fsp3) is 0.526. The van der Waals surface area contributed by atoms with Crippen LogP contribution in [0.15, 0.2) is 12.1 Å². The van der Waals surface area contributed by atoms with Crippen LogP contribution in [0.4, 0.5) is 0 Å². The summed E-state index contributed by atoms with van der Waals surface area (Å²) in [6.45, 7) is 2.20. The van der Waals surface area contributed by atoms with Crippen LogP contribution in [0, 0.1) is 0 Å². The number of likely N-dealkylation sites (tertiary alicyclic amines) is 1. The molecule has 1 atom stereocenters. The van der Waals surface area contributed by atoms with Crippen LogP contribution in [-0.4, -0.2) is 71.6 Å². The van der Waals surface area contributed by atoms with Crippen LogP contribution in [-0.2, 0) is 4.79 Å². The molecule has 1 aromatic carbocycles. The van der Waals surface area contributed by atoms with Gasteiger partial charge in [0.2, 0.25) is 5.91 Å². The number of nitrogens with zero attached hydrogens (tertiary/aromatic N) is 3. The van der Waals surface area contributed by atoms with Crippen LogP contribution in [0.5, 0.6) is 11.5 Å². The number of hydrogen-bond acceptors (Lipinski definition) is 5. The minimum absolute atomic E-state index is 0.00550. The second-order valence-electron chi connectivity index (χ2n) is 7.42. The highest BCUT2D eigenvalue weighted by Gasteiger charge is 2.39. The van der Waals surface area contributed by atoms with E-state index in [0.717, 1.165) is 38.8 Å². The molecule has 8 nitrogen and oxygen atoms in total. The lowest BCUT2D eigenvalue weighted by Gasteiger charge is -2.34. The zero-order valence-electron chi connectivity index (χ0n) is 15.0. The molecule has 0 radical (unpaired) electrons. The molecule has 4 aliphatic heterocycles. The van der Waals surface area contributed by atoms with E-state index in [-0.39, 0.29) is 37.2 Å². The topological polar surface area (TPSA) is 79.4 Å². The molecular weight excluding hydrogens is 350 g/mol. The van der Waals surface area contributed by atoms with Gasteiger partial charge in [-0.15, -0.1) is 0 Å². The molecule has 1 aromatic rings. The Morgan fingerprint density at radius 3 is 2.56 bits per heavy atom. The van der Waals surface area contributed by atoms with Gasteiger partial charge in [0.15, 0.2) is 13.0 Å². The Morgan fingerprint density at radius 1 is 1.00 bits per heavy atom. The summed E-state index contributed by atoms with van der Waals surface area (Å²) in [5.41, 5.74) is 0.773. The van der Waals surface area contributed by atoms with Crippen LogP contribution in [0.25, 0.3) is 0 Å². The summed E-state index contributed by atoms with van der Waals surface area (Å²) in [5, 5.41) is 0. The van der Waals surface area contributed by atoms with Gasteiger partial charge in [0.25, 0.3) is 11.8 Å². The van der Waals surface area contributed by atoms with Gasteiger partial charge in [0, 0.05) is 26.1 Å². The maximum Gasteiger partial charge on any atom is 0.260 e. The summed E-state index contributed by atoms with van der Waals surface area (Å²) >= 11 is 0. The first-order valence-corrected chi connectivity index (χ1v) is 9.47. The lowest BCUT2D eigenvalue weighted by molar-refractivity contribution is -0.131. The highest BCUT2D eigenvalue weighted by atomic mass is 16.5. The quantitative estimate of drug-likeness (QED) is 0.777. The van der Waals surface area contributed by atoms with E-state index in [1.54, 1.807) is 21.9 Å². The molecule has 4 heterocycles. The van der Waals surface area contributed by atoms with Crippen molar-refractivity contribution in [2.75, 3.05) is 32.9 Å². The van der Waals surface area contributed by atoms with E-state index in [1.165, 1.54) is 4.90 Å². The van der Waals surface area contributed by atoms with Gasteiger partial charge in [-0.05, 0) is 31.4 Å². The average Bonchev–Trinajstić information content (AvgIpc) is 3.35. The van der Waals surface area contributed by atoms with Crippen molar-refractivity contribution in [1.29, 1.82) is 0 Å². The first-order valence-electron chi connectivity index (χ1n) is 9.47. The monoisotopic (exact) mass is 371 g/mol. The fourth-order valence-electron chi connectivity index (χ4n) is 4.23. The second-order valence-corrected chi connectivity index (χ2v) is 7.42. The van der Waals surface area contributed by atoms with Crippen molar-refractivity contribution in [3.8, 4) is 11.5 Å². The predicted molar refractivity (Wildman–Crippen MR) is 93.5 cm³/mol. The van der Waals surface area contributed by atoms with E-state index < -0.39 is 0 Å². The molecule has 0 N–H and O–H groups in total. The van der Waals surface area contributed by atoms with Gasteiger partial charge in [0.1, 0.15) is 18.0 Å². The standard InChI is InChI=1S/C19H21N3O5/c23-16(20-5-1-2-6-20)10-21-11-26-14-8-13-15(9-12(14)18(21)24)27-17-4-3-7-22(17)19(13)25/h8-9,17H,1-7,10-11H2. The third kappa shape index (κ3) is 2.62. The predicted octanol–water partition coefficient (Wildman–Crippen LogP) is 1.06. The lowest BCUT2D eigenvalue weighted by Crippen LogP contribution is -2.46. The Bertz CT molecular complexity index is 833. The first kappa shape index (κ1) is 16.4. The molecule has 8 heteroatoms. The number of fused-ring (bicyclic) bond motifs is 3. The van der Waals surface area contributed by atoms with Gasteiger partial charge in [-0.25, -0.2) is 0 Å². The van der Waals surface area contributed by atoms with Crippen LogP contribution < -0.4 is 9.47 Å². The summed E-state index contributed by atoms with van der Waals surface area (Å²) in [5.74, 6) is 0.393. The van der Waals surface area contributed by atoms with Crippen LogP contribution in [0.1, 0.15) is 46.4 Å². The molecule has 2 saturated heterocycles. The molecule has 4 aliphatic rings. The van der Waals surface area contributed by atoms with E-state index >= 15 is 0 Å². The number of carbonyl (C=O) groups is 3. The SMILES string of the molecule is O=C(CN1COc2cc3c(cc2C1=O)OC1CCCN1C3=O)N1CCCC1. The Balaban J connectivity index is 1.40. The van der Waals surface area contributed by atoms with Crippen molar-refractivity contribution in [2.24, 2.45) is 0 Å². The number of carbonyl (C=O) groups excluding carboxylic acids is 3. The molecule has 1 unspecified atom stereocenters. The average molecular weight is 371 g/mol. The van der Waals surface area contributed by atoms with Crippen molar-refractivity contribution in [3.63, 3.8) is 0 Å².